The van der Waals surface area contributed by atoms with E-state index in [9.17, 15) is 65.4 Å². The Morgan fingerprint density at radius 2 is 0.887 bits per heavy atom. The van der Waals surface area contributed by atoms with Gasteiger partial charge in [0.05, 0.1) is 75.6 Å². The second-order valence-corrected chi connectivity index (χ2v) is 16.2. The van der Waals surface area contributed by atoms with Gasteiger partial charge in [-0.25, -0.2) is 0 Å². The summed E-state index contributed by atoms with van der Waals surface area (Å²) in [6.07, 6.45) is -27.7. The Labute approximate surface area is 356 Å². The van der Waals surface area contributed by atoms with Crippen molar-refractivity contribution in [2.75, 3.05) is 33.0 Å². The van der Waals surface area contributed by atoms with Crippen molar-refractivity contribution in [2.24, 2.45) is 0 Å². The molecule has 11 unspecified atom stereocenters. The molecule has 0 saturated carbocycles. The molecular formula is C37H63N3O22. The minimum Gasteiger partial charge on any atom is -0.394 e. The molecule has 13 N–H and O–H groups in total. The monoisotopic (exact) mass is 901 g/mol. The molecule has 22 atom stereocenters. The number of ether oxygens (including phenoxy) is 9. The number of amides is 3. The number of aliphatic hydroxyl groups is 10. The number of rotatable bonds is 16. The molecule has 358 valence electrons. The molecule has 0 spiro atoms. The summed E-state index contributed by atoms with van der Waals surface area (Å²) < 4.78 is 53.6. The fourth-order valence-electron chi connectivity index (χ4n) is 8.33. The lowest BCUT2D eigenvalue weighted by Crippen LogP contribution is -2.67. The zero-order valence-corrected chi connectivity index (χ0v) is 34.7. The molecule has 25 heteroatoms. The summed E-state index contributed by atoms with van der Waals surface area (Å²) in [5, 5.41) is 114. The highest BCUT2D eigenvalue weighted by atomic mass is 16.8. The van der Waals surface area contributed by atoms with Gasteiger partial charge in [-0.1, -0.05) is 0 Å². The lowest BCUT2D eigenvalue weighted by atomic mass is 9.95. The van der Waals surface area contributed by atoms with Gasteiger partial charge < -0.3 is 110 Å². The molecule has 0 bridgehead atoms. The zero-order chi connectivity index (χ0) is 45.6. The molecule has 0 aromatic carbocycles. The SMILES string of the molecule is CC(=O)NC1C[C@H](O)C(CO)O[C@H]1OC1C(O)[C@H](O)[C@@H](CO)O[C@@H]1OC1C(O)[C@H](O[C@H]2CC(NC(C)=O)[C@H](O[C@H]3CC(NC(C)=O)[C@H](C)OC3CO)OC2CO)OC(CO)[C@H]1O. The topological polar surface area (TPSA) is 373 Å². The Balaban J connectivity index is 1.36. The first-order chi connectivity index (χ1) is 29.4. The van der Waals surface area contributed by atoms with Gasteiger partial charge in [0.2, 0.25) is 17.7 Å². The van der Waals surface area contributed by atoms with Crippen LogP contribution < -0.4 is 16.0 Å². The lowest BCUT2D eigenvalue weighted by molar-refractivity contribution is -0.386. The number of carbonyl (C=O) groups is 3. The summed E-state index contributed by atoms with van der Waals surface area (Å²) in [5.74, 6) is -1.38. The first-order valence-electron chi connectivity index (χ1n) is 20.6. The molecule has 3 amide bonds. The molecule has 5 heterocycles. The number of hydrogen-bond donors (Lipinski definition) is 13. The maximum absolute atomic E-state index is 12.4. The van der Waals surface area contributed by atoms with Crippen molar-refractivity contribution in [2.45, 2.75) is 182 Å². The minimum atomic E-state index is -1.97. The van der Waals surface area contributed by atoms with Gasteiger partial charge in [0.1, 0.15) is 67.1 Å². The quantitative estimate of drug-likeness (QED) is 0.0684. The summed E-state index contributed by atoms with van der Waals surface area (Å²) in [6, 6.07) is -2.56. The highest BCUT2D eigenvalue weighted by Gasteiger charge is 2.55. The van der Waals surface area contributed by atoms with Gasteiger partial charge in [0, 0.05) is 33.6 Å². The second-order valence-electron chi connectivity index (χ2n) is 16.2. The lowest BCUT2D eigenvalue weighted by Gasteiger charge is -2.49. The van der Waals surface area contributed by atoms with Crippen LogP contribution in [0.1, 0.15) is 47.0 Å². The zero-order valence-electron chi connectivity index (χ0n) is 34.7. The average molecular weight is 902 g/mol. The third-order valence-corrected chi connectivity index (χ3v) is 11.5. The van der Waals surface area contributed by atoms with Crippen LogP contribution in [0.2, 0.25) is 0 Å². The van der Waals surface area contributed by atoms with Crippen LogP contribution in [-0.4, -0.2) is 237 Å². The van der Waals surface area contributed by atoms with Crippen LogP contribution in [0.4, 0.5) is 0 Å². The van der Waals surface area contributed by atoms with Gasteiger partial charge in [0.15, 0.2) is 25.2 Å². The van der Waals surface area contributed by atoms with Crippen LogP contribution in [-0.2, 0) is 57.0 Å². The van der Waals surface area contributed by atoms with Gasteiger partial charge in [-0.05, 0) is 13.3 Å². The van der Waals surface area contributed by atoms with Crippen LogP contribution in [0, 0.1) is 0 Å². The van der Waals surface area contributed by atoms with E-state index >= 15 is 0 Å². The molecule has 5 rings (SSSR count). The standard InChI is InChI=1S/C37H63N3O22/c1-13-17(38-14(2)46)6-21(24(9-42)54-13)55-34-19(40-16(4)48)7-22(25(10-43)58-34)56-36-31(53)32(29(51)27(12-45)59-36)61-37-33(30(52)28(50)26(11-44)60-37)62-35-18(39-15(3)47)5-20(49)23(8-41)57-35/h13,17-37,41-45,49-53H,5-12H2,1-4H3,(H,38,46)(H,39,47)(H,40,48)/t13-,17?,18?,19?,20-,21-,22-,23?,24?,25?,26+,27?,28+,29+,30?,31?,32?,33?,34+,35-,36+,37+/m0/s1. The first kappa shape index (κ1) is 50.6. The van der Waals surface area contributed by atoms with Gasteiger partial charge >= 0.3 is 0 Å². The predicted molar refractivity (Wildman–Crippen MR) is 201 cm³/mol. The van der Waals surface area contributed by atoms with Gasteiger partial charge in [-0.3, -0.25) is 14.4 Å². The van der Waals surface area contributed by atoms with Crippen LogP contribution >= 0.6 is 0 Å². The van der Waals surface area contributed by atoms with E-state index < -0.39 is 180 Å². The van der Waals surface area contributed by atoms with Crippen molar-refractivity contribution in [3.05, 3.63) is 0 Å². The Kier molecular flexibility index (Phi) is 18.5. The van der Waals surface area contributed by atoms with Crippen molar-refractivity contribution < 1.29 is 108 Å². The number of carbonyl (C=O) groups excluding carboxylic acids is 3. The molecule has 62 heavy (non-hydrogen) atoms. The van der Waals surface area contributed by atoms with E-state index in [-0.39, 0.29) is 25.2 Å². The van der Waals surface area contributed by atoms with Crippen molar-refractivity contribution in [3.63, 3.8) is 0 Å². The van der Waals surface area contributed by atoms with Crippen LogP contribution in [0.5, 0.6) is 0 Å². The van der Waals surface area contributed by atoms with Gasteiger partial charge in [-0.15, -0.1) is 0 Å². The molecular weight excluding hydrogens is 838 g/mol. The Hall–Kier alpha value is -2.35. The third-order valence-electron chi connectivity index (χ3n) is 11.5. The largest absolute Gasteiger partial charge is 0.394 e. The summed E-state index contributed by atoms with van der Waals surface area (Å²) in [4.78, 5) is 36.3. The molecule has 0 aromatic heterocycles. The van der Waals surface area contributed by atoms with E-state index in [4.69, 9.17) is 42.6 Å². The van der Waals surface area contributed by atoms with E-state index in [1.54, 1.807) is 6.92 Å². The van der Waals surface area contributed by atoms with Crippen molar-refractivity contribution >= 4 is 17.7 Å². The molecule has 0 aromatic rings. The molecule has 0 radical (unpaired) electrons. The van der Waals surface area contributed by atoms with Gasteiger partial charge in [-0.2, -0.15) is 0 Å². The van der Waals surface area contributed by atoms with E-state index in [1.165, 1.54) is 20.8 Å². The van der Waals surface area contributed by atoms with Crippen LogP contribution in [0.3, 0.4) is 0 Å². The van der Waals surface area contributed by atoms with E-state index in [1.807, 2.05) is 0 Å². The summed E-state index contributed by atoms with van der Waals surface area (Å²) in [6.45, 7) is 1.96. The summed E-state index contributed by atoms with van der Waals surface area (Å²) >= 11 is 0. The van der Waals surface area contributed by atoms with E-state index in [0.717, 1.165) is 0 Å². The Morgan fingerprint density at radius 3 is 1.45 bits per heavy atom. The van der Waals surface area contributed by atoms with Gasteiger partial charge in [0.25, 0.3) is 0 Å². The fourth-order valence-corrected chi connectivity index (χ4v) is 8.33. The van der Waals surface area contributed by atoms with E-state index in [2.05, 4.69) is 16.0 Å². The maximum atomic E-state index is 12.4. The molecule has 5 fully saturated rings. The molecule has 5 aliphatic heterocycles. The highest BCUT2D eigenvalue weighted by Crippen LogP contribution is 2.36. The van der Waals surface area contributed by atoms with Crippen LogP contribution in [0.15, 0.2) is 0 Å². The Morgan fingerprint density at radius 1 is 0.468 bits per heavy atom. The average Bonchev–Trinajstić information content (AvgIpc) is 3.21. The molecule has 0 aliphatic carbocycles. The molecule has 5 saturated heterocycles. The van der Waals surface area contributed by atoms with Crippen LogP contribution in [0.25, 0.3) is 0 Å². The maximum Gasteiger partial charge on any atom is 0.217 e. The smallest absolute Gasteiger partial charge is 0.217 e. The molecule has 5 aliphatic rings. The van der Waals surface area contributed by atoms with E-state index in [0.29, 0.717) is 0 Å². The normalized spacial score (nSPS) is 45.2. The number of aliphatic hydroxyl groups excluding tert-OH is 10. The van der Waals surface area contributed by atoms with Crippen molar-refractivity contribution in [1.29, 1.82) is 0 Å². The highest BCUT2D eigenvalue weighted by molar-refractivity contribution is 5.74. The third kappa shape index (κ3) is 12.1. The predicted octanol–water partition coefficient (Wildman–Crippen LogP) is -7.34. The number of hydrogen-bond acceptors (Lipinski definition) is 22. The summed E-state index contributed by atoms with van der Waals surface area (Å²) in [7, 11) is 0. The Bertz CT molecular complexity index is 1460. The molecule has 25 nitrogen and oxygen atoms in total. The minimum absolute atomic E-state index is 0.146. The fraction of sp³-hybridized carbons (Fsp3) is 0.919. The first-order valence-corrected chi connectivity index (χ1v) is 20.6. The van der Waals surface area contributed by atoms with Crippen molar-refractivity contribution in [3.8, 4) is 0 Å². The van der Waals surface area contributed by atoms with Crippen molar-refractivity contribution in [1.82, 2.24) is 16.0 Å². The second kappa shape index (κ2) is 22.7. The number of nitrogens with one attached hydrogen (secondary N) is 3. The summed E-state index contributed by atoms with van der Waals surface area (Å²) in [5.41, 5.74) is 0.